The number of aliphatic carboxylic acids is 1. The first-order valence-corrected chi connectivity index (χ1v) is 20.9. The number of hydrogen-bond donors (Lipinski definition) is 3. The fourth-order valence-corrected chi connectivity index (χ4v) is 13.4. The van der Waals surface area contributed by atoms with Gasteiger partial charge in [-0.15, -0.1) is 0 Å². The van der Waals surface area contributed by atoms with E-state index in [1.807, 2.05) is 18.2 Å². The molecule has 10 nitrogen and oxygen atoms in total. The van der Waals surface area contributed by atoms with Gasteiger partial charge in [-0.3, -0.25) is 24.2 Å². The number of aliphatic hydroxyl groups is 1. The number of amides is 1. The zero-order valence-electron chi connectivity index (χ0n) is 34.9. The maximum absolute atomic E-state index is 14.2. The molecule has 4 N–H and O–H groups in total. The van der Waals surface area contributed by atoms with Gasteiger partial charge in [0.1, 0.15) is 6.10 Å². The number of fused-ring (bicyclic) bond motifs is 7. The number of allylic oxidation sites excluding steroid dienone is 1. The smallest absolute Gasteiger partial charge is 0.309 e. The summed E-state index contributed by atoms with van der Waals surface area (Å²) in [5, 5.41) is 22.1. The maximum Gasteiger partial charge on any atom is 0.309 e. The third-order valence-corrected chi connectivity index (χ3v) is 16.5. The van der Waals surface area contributed by atoms with Gasteiger partial charge < -0.3 is 25.6 Å². The Labute approximate surface area is 328 Å². The molecule has 55 heavy (non-hydrogen) atoms. The van der Waals surface area contributed by atoms with E-state index in [1.165, 1.54) is 5.57 Å². The monoisotopic (exact) mass is 761 g/mol. The predicted molar refractivity (Wildman–Crippen MR) is 210 cm³/mol. The van der Waals surface area contributed by atoms with Gasteiger partial charge in [0.05, 0.1) is 36.7 Å². The average Bonchev–Trinajstić information content (AvgIpc) is 3.42. The zero-order chi connectivity index (χ0) is 40.5. The first-order valence-electron chi connectivity index (χ1n) is 20.9. The highest BCUT2D eigenvalue weighted by Gasteiger charge is 2.71. The Morgan fingerprint density at radius 3 is 2.31 bits per heavy atom. The van der Waals surface area contributed by atoms with Crippen molar-refractivity contribution in [2.75, 3.05) is 13.1 Å². The van der Waals surface area contributed by atoms with Crippen LogP contribution in [0, 0.1) is 56.2 Å². The molecule has 6 rings (SSSR count). The Balaban J connectivity index is 1.30. The van der Waals surface area contributed by atoms with Crippen molar-refractivity contribution in [3.8, 4) is 0 Å². The number of ketones is 1. The van der Waals surface area contributed by atoms with Gasteiger partial charge in [0.2, 0.25) is 5.91 Å². The number of rotatable bonds is 11. The lowest BCUT2D eigenvalue weighted by Crippen LogP contribution is -2.66. The minimum absolute atomic E-state index is 0.0110. The highest BCUT2D eigenvalue weighted by atomic mass is 16.5. The maximum atomic E-state index is 14.2. The molecule has 0 saturated heterocycles. The number of esters is 1. The Hall–Kier alpha value is -3.11. The van der Waals surface area contributed by atoms with Crippen molar-refractivity contribution in [3.05, 3.63) is 41.2 Å². The van der Waals surface area contributed by atoms with Crippen LogP contribution in [0.15, 0.2) is 35.5 Å². The molecule has 10 heteroatoms. The fourth-order valence-electron chi connectivity index (χ4n) is 13.4. The second kappa shape index (κ2) is 14.4. The van der Waals surface area contributed by atoms with Crippen LogP contribution in [-0.4, -0.2) is 69.0 Å². The first kappa shape index (κ1) is 41.5. The number of aliphatic hydroxyl groups excluding tert-OH is 1. The largest absolute Gasteiger partial charge is 0.481 e. The average molecular weight is 762 g/mol. The van der Waals surface area contributed by atoms with Crippen LogP contribution in [0.3, 0.4) is 0 Å². The highest BCUT2D eigenvalue weighted by molar-refractivity contribution is 6.00. The summed E-state index contributed by atoms with van der Waals surface area (Å²) < 4.78 is 6.16. The number of carbonyl (C=O) groups excluding carboxylic acids is 3. The number of aromatic nitrogens is 1. The summed E-state index contributed by atoms with van der Waals surface area (Å²) >= 11 is 0. The molecule has 0 bridgehead atoms. The van der Waals surface area contributed by atoms with E-state index in [4.69, 9.17) is 10.5 Å². The number of carboxylic acid groups (broad SMARTS) is 1. The molecule has 1 amide bonds. The lowest BCUT2D eigenvalue weighted by Gasteiger charge is -2.72. The SMILES string of the molecule is CC(C)C1=C2C3CCC4C5(C)CCC(OC(=O)CC(C)(C)C(=O)O)C(C)(C)C5CCC4(C)C3(C)CCC2(C(O)CN(Cc2ccccn2)C(=O)CN)CC1=O. The number of carboxylic acids is 1. The summed E-state index contributed by atoms with van der Waals surface area (Å²) in [6.45, 7) is 19.5. The molecule has 0 radical (unpaired) electrons. The molecule has 0 aromatic carbocycles. The summed E-state index contributed by atoms with van der Waals surface area (Å²) in [6.07, 6.45) is 7.85. The molecule has 5 aliphatic carbocycles. The number of hydrogen-bond acceptors (Lipinski definition) is 8. The van der Waals surface area contributed by atoms with E-state index in [0.717, 1.165) is 56.2 Å². The van der Waals surface area contributed by atoms with Crippen molar-refractivity contribution in [1.82, 2.24) is 9.88 Å². The highest BCUT2D eigenvalue weighted by Crippen LogP contribution is 2.77. The van der Waals surface area contributed by atoms with Gasteiger partial charge in [0, 0.05) is 30.0 Å². The number of nitrogens with zero attached hydrogens (tertiary/aromatic N) is 2. The van der Waals surface area contributed by atoms with Crippen LogP contribution < -0.4 is 5.73 Å². The third kappa shape index (κ3) is 6.59. The first-order chi connectivity index (χ1) is 25.6. The molecule has 1 aromatic heterocycles. The standard InChI is InChI=1S/C45H67N3O7/c1-27(2)37-30(49)22-45(33(50)26-48(35(51)24-46)25-28-12-10-11-21-47-28)20-19-43(8)29(38(37)45)13-14-32-42(7)17-16-34(55-36(52)23-40(3,4)39(53)54)41(5,6)31(42)15-18-44(32,43)9/h10-12,21,27,29,31-34,50H,13-20,22-26,46H2,1-9H3,(H,53,54). The van der Waals surface area contributed by atoms with Gasteiger partial charge in [-0.25, -0.2) is 0 Å². The molecular weight excluding hydrogens is 695 g/mol. The van der Waals surface area contributed by atoms with E-state index in [2.05, 4.69) is 53.5 Å². The van der Waals surface area contributed by atoms with Gasteiger partial charge in [-0.2, -0.15) is 0 Å². The molecule has 4 saturated carbocycles. The van der Waals surface area contributed by atoms with Gasteiger partial charge in [-0.1, -0.05) is 60.1 Å². The van der Waals surface area contributed by atoms with Crippen molar-refractivity contribution in [3.63, 3.8) is 0 Å². The molecule has 1 heterocycles. The summed E-state index contributed by atoms with van der Waals surface area (Å²) in [6, 6.07) is 5.58. The fraction of sp³-hybridized carbons (Fsp3) is 0.756. The van der Waals surface area contributed by atoms with Crippen LogP contribution in [0.1, 0.15) is 132 Å². The number of Topliss-reactive ketones (excluding diaryl/α,β-unsaturated/α-hetero) is 1. The van der Waals surface area contributed by atoms with E-state index < -0.39 is 28.9 Å². The van der Waals surface area contributed by atoms with E-state index in [-0.39, 0.29) is 83.8 Å². The van der Waals surface area contributed by atoms with Crippen LogP contribution in [0.25, 0.3) is 0 Å². The Morgan fingerprint density at radius 1 is 0.982 bits per heavy atom. The summed E-state index contributed by atoms with van der Waals surface area (Å²) in [7, 11) is 0. The topological polar surface area (TPSA) is 160 Å². The summed E-state index contributed by atoms with van der Waals surface area (Å²) in [5.74, 6) is -0.655. The minimum atomic E-state index is -1.19. The molecule has 9 atom stereocenters. The Bertz CT molecular complexity index is 1720. The van der Waals surface area contributed by atoms with Gasteiger partial charge >= 0.3 is 11.9 Å². The van der Waals surface area contributed by atoms with E-state index >= 15 is 0 Å². The van der Waals surface area contributed by atoms with Crippen LogP contribution in [0.2, 0.25) is 0 Å². The summed E-state index contributed by atoms with van der Waals surface area (Å²) in [5.41, 5.74) is 6.35. The number of pyridine rings is 1. The lowest BCUT2D eigenvalue weighted by molar-refractivity contribution is -0.235. The molecule has 0 aliphatic heterocycles. The molecular formula is C45H67N3O7. The number of carbonyl (C=O) groups is 4. The van der Waals surface area contributed by atoms with Gasteiger partial charge in [0.25, 0.3) is 0 Å². The lowest BCUT2D eigenvalue weighted by atomic mass is 9.33. The summed E-state index contributed by atoms with van der Waals surface area (Å²) in [4.78, 5) is 58.3. The third-order valence-electron chi connectivity index (χ3n) is 16.5. The van der Waals surface area contributed by atoms with Crippen LogP contribution >= 0.6 is 0 Å². The van der Waals surface area contributed by atoms with Crippen molar-refractivity contribution in [1.29, 1.82) is 0 Å². The second-order valence-electron chi connectivity index (χ2n) is 20.4. The second-order valence-corrected chi connectivity index (χ2v) is 20.4. The molecule has 1 aromatic rings. The van der Waals surface area contributed by atoms with Crippen molar-refractivity contribution >= 4 is 23.6 Å². The van der Waals surface area contributed by atoms with Crippen LogP contribution in [0.4, 0.5) is 0 Å². The van der Waals surface area contributed by atoms with Gasteiger partial charge in [0.15, 0.2) is 5.78 Å². The Kier molecular flexibility index (Phi) is 10.8. The number of nitrogens with two attached hydrogens (primary N) is 1. The van der Waals surface area contributed by atoms with Crippen LogP contribution in [-0.2, 0) is 30.5 Å². The van der Waals surface area contributed by atoms with Crippen LogP contribution in [0.5, 0.6) is 0 Å². The minimum Gasteiger partial charge on any atom is -0.481 e. The van der Waals surface area contributed by atoms with E-state index in [1.54, 1.807) is 24.9 Å². The quantitative estimate of drug-likeness (QED) is 0.200. The zero-order valence-corrected chi connectivity index (χ0v) is 34.9. The predicted octanol–water partition coefficient (Wildman–Crippen LogP) is 7.12. The number of ether oxygens (including phenoxy) is 1. The Morgan fingerprint density at radius 2 is 1.69 bits per heavy atom. The molecule has 304 valence electrons. The van der Waals surface area contributed by atoms with Crippen molar-refractivity contribution < 1.29 is 34.1 Å². The molecule has 5 aliphatic rings. The van der Waals surface area contributed by atoms with Crippen molar-refractivity contribution in [2.24, 2.45) is 61.9 Å². The molecule has 0 spiro atoms. The van der Waals surface area contributed by atoms with Crippen molar-refractivity contribution in [2.45, 2.75) is 145 Å². The normalized spacial score (nSPS) is 36.0. The molecule has 4 fully saturated rings. The van der Waals surface area contributed by atoms with E-state index in [0.29, 0.717) is 18.3 Å². The van der Waals surface area contributed by atoms with E-state index in [9.17, 15) is 29.4 Å². The van der Waals surface area contributed by atoms with Gasteiger partial charge in [-0.05, 0) is 123 Å². The molecule has 9 unspecified atom stereocenters.